The topological polar surface area (TPSA) is 55.1 Å². The lowest BCUT2D eigenvalue weighted by Gasteiger charge is -2.36. The minimum Gasteiger partial charge on any atom is -0.353 e. The molecule has 0 aromatic rings. The summed E-state index contributed by atoms with van der Waals surface area (Å²) in [5.74, 6) is 2.21. The van der Waals surface area contributed by atoms with Crippen LogP contribution in [0.25, 0.3) is 0 Å². The summed E-state index contributed by atoms with van der Waals surface area (Å²) >= 11 is 0. The zero-order valence-electron chi connectivity index (χ0n) is 12.5. The van der Waals surface area contributed by atoms with Crippen LogP contribution in [-0.2, 0) is 4.79 Å². The molecule has 3 N–H and O–H groups in total. The van der Waals surface area contributed by atoms with Crippen molar-refractivity contribution in [2.75, 3.05) is 6.54 Å². The molecule has 3 nitrogen and oxygen atoms in total. The normalized spacial score (nSPS) is 35.6. The van der Waals surface area contributed by atoms with E-state index in [1.54, 1.807) is 0 Å². The van der Waals surface area contributed by atoms with Crippen molar-refractivity contribution in [2.45, 2.75) is 64.8 Å². The van der Waals surface area contributed by atoms with Crippen LogP contribution in [0.1, 0.15) is 58.8 Å². The summed E-state index contributed by atoms with van der Waals surface area (Å²) in [7, 11) is 0. The Morgan fingerprint density at radius 2 is 1.89 bits per heavy atom. The first kappa shape index (κ1) is 14.8. The van der Waals surface area contributed by atoms with E-state index >= 15 is 0 Å². The lowest BCUT2D eigenvalue weighted by atomic mass is 9.77. The Balaban J connectivity index is 1.93. The average Bonchev–Trinajstić information content (AvgIpc) is 2.87. The zero-order chi connectivity index (χ0) is 13.8. The highest BCUT2D eigenvalue weighted by atomic mass is 16.2. The molecule has 0 aliphatic heterocycles. The summed E-state index contributed by atoms with van der Waals surface area (Å²) < 4.78 is 0. The summed E-state index contributed by atoms with van der Waals surface area (Å²) in [6.45, 7) is 5.23. The fourth-order valence-corrected chi connectivity index (χ4v) is 4.09. The Hall–Kier alpha value is -0.570. The monoisotopic (exact) mass is 266 g/mol. The number of hydrogen-bond acceptors (Lipinski definition) is 2. The third-order valence-corrected chi connectivity index (χ3v) is 5.30. The predicted octanol–water partition coefficient (Wildman–Crippen LogP) is 2.69. The van der Waals surface area contributed by atoms with Gasteiger partial charge < -0.3 is 11.1 Å². The highest BCUT2D eigenvalue weighted by Gasteiger charge is 2.35. The Morgan fingerprint density at radius 1 is 1.16 bits per heavy atom. The fraction of sp³-hybridized carbons (Fsp3) is 0.938. The van der Waals surface area contributed by atoms with Gasteiger partial charge in [-0.1, -0.05) is 33.1 Å². The van der Waals surface area contributed by atoms with Gasteiger partial charge in [-0.2, -0.15) is 0 Å². The highest BCUT2D eigenvalue weighted by molar-refractivity contribution is 5.79. The Labute approximate surface area is 117 Å². The lowest BCUT2D eigenvalue weighted by Crippen LogP contribution is -2.47. The van der Waals surface area contributed by atoms with E-state index < -0.39 is 0 Å². The van der Waals surface area contributed by atoms with Gasteiger partial charge in [0.15, 0.2) is 0 Å². The van der Waals surface area contributed by atoms with Crippen LogP contribution < -0.4 is 11.1 Å². The van der Waals surface area contributed by atoms with E-state index in [-0.39, 0.29) is 11.8 Å². The van der Waals surface area contributed by atoms with E-state index in [0.29, 0.717) is 30.3 Å². The van der Waals surface area contributed by atoms with Crippen molar-refractivity contribution < 1.29 is 4.79 Å². The van der Waals surface area contributed by atoms with Crippen molar-refractivity contribution in [1.82, 2.24) is 5.32 Å². The minimum atomic E-state index is 0.180. The van der Waals surface area contributed by atoms with Crippen molar-refractivity contribution >= 4 is 5.91 Å². The van der Waals surface area contributed by atoms with Gasteiger partial charge in [0, 0.05) is 12.0 Å². The van der Waals surface area contributed by atoms with Gasteiger partial charge in [0.1, 0.15) is 0 Å². The summed E-state index contributed by atoms with van der Waals surface area (Å²) in [5, 5.41) is 3.36. The van der Waals surface area contributed by atoms with Gasteiger partial charge in [-0.15, -0.1) is 0 Å². The zero-order valence-corrected chi connectivity index (χ0v) is 12.5. The number of hydrogen-bond donors (Lipinski definition) is 2. The second-order valence-corrected chi connectivity index (χ2v) is 6.84. The summed E-state index contributed by atoms with van der Waals surface area (Å²) in [6.07, 6.45) is 8.35. The molecule has 2 saturated carbocycles. The quantitative estimate of drug-likeness (QED) is 0.822. The molecule has 0 heterocycles. The predicted molar refractivity (Wildman–Crippen MR) is 78.6 cm³/mol. The molecule has 3 heteroatoms. The third-order valence-electron chi connectivity index (χ3n) is 5.30. The molecule has 0 aromatic carbocycles. The number of nitrogens with two attached hydrogens (primary N) is 1. The van der Waals surface area contributed by atoms with Crippen LogP contribution in [0.5, 0.6) is 0 Å². The molecular formula is C16H30N2O. The Kier molecular flexibility index (Phi) is 5.26. The molecule has 0 bridgehead atoms. The SMILES string of the molecule is CC(C)C1CCCCC1NC(=O)C1CCCC1CN. The summed E-state index contributed by atoms with van der Waals surface area (Å²) in [5.41, 5.74) is 5.79. The van der Waals surface area contributed by atoms with Crippen LogP contribution in [0.15, 0.2) is 0 Å². The van der Waals surface area contributed by atoms with Crippen LogP contribution in [0.4, 0.5) is 0 Å². The number of carbonyl (C=O) groups is 1. The highest BCUT2D eigenvalue weighted by Crippen LogP contribution is 2.33. The first-order valence-electron chi connectivity index (χ1n) is 8.14. The molecule has 2 rings (SSSR count). The van der Waals surface area contributed by atoms with E-state index in [1.165, 1.54) is 19.3 Å². The molecule has 0 saturated heterocycles. The largest absolute Gasteiger partial charge is 0.353 e. The van der Waals surface area contributed by atoms with E-state index in [1.807, 2.05) is 0 Å². The van der Waals surface area contributed by atoms with Gasteiger partial charge >= 0.3 is 0 Å². The van der Waals surface area contributed by atoms with Crippen LogP contribution in [0, 0.1) is 23.7 Å². The summed E-state index contributed by atoms with van der Waals surface area (Å²) in [6, 6.07) is 0.403. The Morgan fingerprint density at radius 3 is 2.58 bits per heavy atom. The number of rotatable bonds is 4. The molecule has 0 spiro atoms. The molecule has 2 aliphatic rings. The first-order chi connectivity index (χ1) is 9.13. The van der Waals surface area contributed by atoms with Gasteiger partial charge in [-0.3, -0.25) is 4.79 Å². The van der Waals surface area contributed by atoms with Crippen molar-refractivity contribution in [2.24, 2.45) is 29.4 Å². The molecule has 0 aromatic heterocycles. The molecular weight excluding hydrogens is 236 g/mol. The van der Waals surface area contributed by atoms with E-state index in [2.05, 4.69) is 19.2 Å². The van der Waals surface area contributed by atoms with Crippen LogP contribution >= 0.6 is 0 Å². The van der Waals surface area contributed by atoms with E-state index in [9.17, 15) is 4.79 Å². The van der Waals surface area contributed by atoms with Gasteiger partial charge in [0.05, 0.1) is 0 Å². The van der Waals surface area contributed by atoms with Crippen LogP contribution in [0.2, 0.25) is 0 Å². The molecule has 4 atom stereocenters. The molecule has 1 amide bonds. The van der Waals surface area contributed by atoms with Crippen molar-refractivity contribution in [3.05, 3.63) is 0 Å². The maximum atomic E-state index is 12.5. The van der Waals surface area contributed by atoms with E-state index in [0.717, 1.165) is 25.7 Å². The van der Waals surface area contributed by atoms with Crippen LogP contribution in [0.3, 0.4) is 0 Å². The van der Waals surface area contributed by atoms with E-state index in [4.69, 9.17) is 5.73 Å². The Bertz CT molecular complexity index is 303. The first-order valence-corrected chi connectivity index (χ1v) is 8.14. The number of amides is 1. The van der Waals surface area contributed by atoms with Crippen molar-refractivity contribution in [3.63, 3.8) is 0 Å². The van der Waals surface area contributed by atoms with Gasteiger partial charge in [0.25, 0.3) is 0 Å². The smallest absolute Gasteiger partial charge is 0.223 e. The maximum absolute atomic E-state index is 12.5. The van der Waals surface area contributed by atoms with Crippen molar-refractivity contribution in [1.29, 1.82) is 0 Å². The second kappa shape index (κ2) is 6.74. The van der Waals surface area contributed by atoms with Crippen LogP contribution in [-0.4, -0.2) is 18.5 Å². The van der Waals surface area contributed by atoms with Gasteiger partial charge in [-0.05, 0) is 50.0 Å². The third kappa shape index (κ3) is 3.50. The molecule has 2 aliphatic carbocycles. The molecule has 0 radical (unpaired) electrons. The minimum absolute atomic E-state index is 0.180. The van der Waals surface area contributed by atoms with Crippen molar-refractivity contribution in [3.8, 4) is 0 Å². The molecule has 2 fully saturated rings. The van der Waals surface area contributed by atoms with Gasteiger partial charge in [0.2, 0.25) is 5.91 Å². The van der Waals surface area contributed by atoms with Gasteiger partial charge in [-0.25, -0.2) is 0 Å². The fourth-order valence-electron chi connectivity index (χ4n) is 4.09. The number of carbonyl (C=O) groups excluding carboxylic acids is 1. The number of nitrogens with one attached hydrogen (secondary N) is 1. The molecule has 4 unspecified atom stereocenters. The average molecular weight is 266 g/mol. The molecule has 19 heavy (non-hydrogen) atoms. The molecule has 110 valence electrons. The standard InChI is InChI=1S/C16H30N2O/c1-11(2)13-7-3-4-9-15(13)18-16(19)14-8-5-6-12(14)10-17/h11-15H,3-10,17H2,1-2H3,(H,18,19). The maximum Gasteiger partial charge on any atom is 0.223 e. The lowest BCUT2D eigenvalue weighted by molar-refractivity contribution is -0.127. The summed E-state index contributed by atoms with van der Waals surface area (Å²) in [4.78, 5) is 12.5. The second-order valence-electron chi connectivity index (χ2n) is 6.84.